The van der Waals surface area contributed by atoms with Crippen molar-refractivity contribution in [2.45, 2.75) is 4.34 Å². The molecule has 0 atom stereocenters. The van der Waals surface area contributed by atoms with Crippen LogP contribution in [0.15, 0.2) is 75.1 Å². The van der Waals surface area contributed by atoms with E-state index in [1.807, 2.05) is 60.7 Å². The minimum absolute atomic E-state index is 0.0690. The molecule has 0 saturated heterocycles. The van der Waals surface area contributed by atoms with Crippen molar-refractivity contribution in [3.63, 3.8) is 0 Å². The van der Waals surface area contributed by atoms with Gasteiger partial charge in [0.15, 0.2) is 4.34 Å². The van der Waals surface area contributed by atoms with Crippen molar-refractivity contribution in [2.24, 2.45) is 0 Å². The number of thioether (sulfide) groups is 1. The summed E-state index contributed by atoms with van der Waals surface area (Å²) >= 11 is 6.58. The summed E-state index contributed by atoms with van der Waals surface area (Å²) in [6.07, 6.45) is 3.33. The number of rotatable bonds is 4. The van der Waals surface area contributed by atoms with E-state index >= 15 is 0 Å². The smallest absolute Gasteiger partial charge is 0.155 e. The summed E-state index contributed by atoms with van der Waals surface area (Å²) in [6.45, 7) is 0. The van der Waals surface area contributed by atoms with E-state index in [2.05, 4.69) is 20.9 Å². The standard InChI is InChI=1S/C19H10BrN3S2/c20-15-8-6-14(7-9-15)17(10-5-13(11-21)12-22)24-19-23-16-3-1-2-4-18(16)25-19/h1-10H/b17-10+. The van der Waals surface area contributed by atoms with E-state index in [1.165, 1.54) is 17.8 Å². The van der Waals surface area contributed by atoms with Gasteiger partial charge in [-0.05, 0) is 42.0 Å². The maximum absolute atomic E-state index is 8.94. The summed E-state index contributed by atoms with van der Waals surface area (Å²) < 4.78 is 3.04. The molecular weight excluding hydrogens is 414 g/mol. The number of hydrogen-bond donors (Lipinski definition) is 0. The van der Waals surface area contributed by atoms with Crippen LogP contribution in [0.25, 0.3) is 15.1 Å². The van der Waals surface area contributed by atoms with Crippen molar-refractivity contribution in [1.82, 2.24) is 4.98 Å². The largest absolute Gasteiger partial charge is 0.229 e. The Hall–Kier alpha value is -2.38. The van der Waals surface area contributed by atoms with Crippen LogP contribution in [0.4, 0.5) is 0 Å². The number of nitriles is 2. The van der Waals surface area contributed by atoms with Crippen molar-refractivity contribution in [3.05, 3.63) is 76.3 Å². The van der Waals surface area contributed by atoms with Crippen molar-refractivity contribution < 1.29 is 0 Å². The van der Waals surface area contributed by atoms with Crippen molar-refractivity contribution in [2.75, 3.05) is 0 Å². The summed E-state index contributed by atoms with van der Waals surface area (Å²) in [6, 6.07) is 19.7. The number of fused-ring (bicyclic) bond motifs is 1. The Labute approximate surface area is 162 Å². The third kappa shape index (κ3) is 4.37. The first-order chi connectivity index (χ1) is 12.2. The average molecular weight is 424 g/mol. The Balaban J connectivity index is 2.00. The molecule has 0 fully saturated rings. The molecule has 3 nitrogen and oxygen atoms in total. The molecule has 0 spiro atoms. The molecule has 6 heteroatoms. The van der Waals surface area contributed by atoms with Gasteiger partial charge >= 0.3 is 0 Å². The van der Waals surface area contributed by atoms with E-state index in [1.54, 1.807) is 17.4 Å². The molecule has 1 aromatic heterocycles. The van der Waals surface area contributed by atoms with Gasteiger partial charge in [0.1, 0.15) is 17.7 Å². The monoisotopic (exact) mass is 423 g/mol. The number of hydrogen-bond acceptors (Lipinski definition) is 5. The van der Waals surface area contributed by atoms with Crippen LogP contribution >= 0.6 is 39.0 Å². The second-order valence-corrected chi connectivity index (χ2v) is 8.13. The maximum Gasteiger partial charge on any atom is 0.155 e. The topological polar surface area (TPSA) is 60.5 Å². The summed E-state index contributed by atoms with van der Waals surface area (Å²) in [5.41, 5.74) is 2.04. The Morgan fingerprint density at radius 1 is 1.04 bits per heavy atom. The predicted octanol–water partition coefficient (Wildman–Crippen LogP) is 6.17. The van der Waals surface area contributed by atoms with Gasteiger partial charge in [-0.3, -0.25) is 0 Å². The summed E-state index contributed by atoms with van der Waals surface area (Å²) in [5.74, 6) is 0. The summed E-state index contributed by atoms with van der Waals surface area (Å²) in [4.78, 5) is 5.57. The molecule has 0 aliphatic heterocycles. The number of aromatic nitrogens is 1. The Bertz CT molecular complexity index is 1000. The lowest BCUT2D eigenvalue weighted by molar-refractivity contribution is 1.31. The Morgan fingerprint density at radius 3 is 2.44 bits per heavy atom. The molecule has 0 aliphatic carbocycles. The lowest BCUT2D eigenvalue weighted by Crippen LogP contribution is -1.81. The second kappa shape index (κ2) is 8.13. The fraction of sp³-hybridized carbons (Fsp3) is 0. The van der Waals surface area contributed by atoms with Crippen LogP contribution in [0.3, 0.4) is 0 Å². The summed E-state index contributed by atoms with van der Waals surface area (Å²) in [7, 11) is 0. The van der Waals surface area contributed by atoms with E-state index < -0.39 is 0 Å². The zero-order chi connectivity index (χ0) is 17.6. The molecule has 3 rings (SSSR count). The molecule has 0 unspecified atom stereocenters. The lowest BCUT2D eigenvalue weighted by Gasteiger charge is -2.05. The molecule has 0 saturated carbocycles. The molecule has 120 valence electrons. The molecule has 1 heterocycles. The third-order valence-corrected chi connectivity index (χ3v) is 5.96. The van der Waals surface area contributed by atoms with Gasteiger partial charge in [0.25, 0.3) is 0 Å². The van der Waals surface area contributed by atoms with Crippen molar-refractivity contribution in [1.29, 1.82) is 10.5 Å². The maximum atomic E-state index is 8.94. The number of halogens is 1. The lowest BCUT2D eigenvalue weighted by atomic mass is 10.2. The molecule has 0 N–H and O–H groups in total. The molecular formula is C19H10BrN3S2. The van der Waals surface area contributed by atoms with Gasteiger partial charge in [0.2, 0.25) is 0 Å². The molecule has 0 bridgehead atoms. The first-order valence-electron chi connectivity index (χ1n) is 7.21. The Morgan fingerprint density at radius 2 is 1.76 bits per heavy atom. The van der Waals surface area contributed by atoms with Crippen LogP contribution in [0.5, 0.6) is 0 Å². The highest BCUT2D eigenvalue weighted by Crippen LogP contribution is 2.38. The quantitative estimate of drug-likeness (QED) is 0.286. The van der Waals surface area contributed by atoms with Crippen LogP contribution in [-0.2, 0) is 0 Å². The highest BCUT2D eigenvalue weighted by molar-refractivity contribution is 9.10. The minimum atomic E-state index is 0.0690. The van der Waals surface area contributed by atoms with E-state index in [0.717, 1.165) is 29.5 Å². The SMILES string of the molecule is N#CC(C#N)=C/C=C(/Sc1nc2ccccc2s1)c1ccc(Br)cc1. The van der Waals surface area contributed by atoms with E-state index in [0.29, 0.717) is 0 Å². The predicted molar refractivity (Wildman–Crippen MR) is 107 cm³/mol. The van der Waals surface area contributed by atoms with E-state index in [9.17, 15) is 0 Å². The number of nitrogens with zero attached hydrogens (tertiary/aromatic N) is 3. The molecule has 2 aromatic carbocycles. The highest BCUT2D eigenvalue weighted by atomic mass is 79.9. The second-order valence-electron chi connectivity index (χ2n) is 4.89. The van der Waals surface area contributed by atoms with Gasteiger partial charge in [0, 0.05) is 9.38 Å². The van der Waals surface area contributed by atoms with Gasteiger partial charge in [-0.25, -0.2) is 4.98 Å². The van der Waals surface area contributed by atoms with Crippen LogP contribution in [-0.4, -0.2) is 4.98 Å². The molecule has 0 aliphatic rings. The number of thiazole rings is 1. The van der Waals surface area contributed by atoms with Gasteiger partial charge in [-0.2, -0.15) is 10.5 Å². The van der Waals surface area contributed by atoms with E-state index in [4.69, 9.17) is 10.5 Å². The molecule has 0 amide bonds. The zero-order valence-electron chi connectivity index (χ0n) is 12.8. The molecule has 25 heavy (non-hydrogen) atoms. The number of allylic oxidation sites excluding steroid dienone is 3. The Kier molecular flexibility index (Phi) is 5.67. The van der Waals surface area contributed by atoms with Gasteiger partial charge in [-0.15, -0.1) is 11.3 Å². The fourth-order valence-corrected chi connectivity index (χ4v) is 4.44. The van der Waals surface area contributed by atoms with Crippen molar-refractivity contribution in [3.8, 4) is 12.1 Å². The van der Waals surface area contributed by atoms with Gasteiger partial charge in [0.05, 0.1) is 10.2 Å². The molecule has 0 radical (unpaired) electrons. The average Bonchev–Trinajstić information content (AvgIpc) is 3.04. The van der Waals surface area contributed by atoms with Gasteiger partial charge < -0.3 is 0 Å². The van der Waals surface area contributed by atoms with Crippen LogP contribution in [0.1, 0.15) is 5.56 Å². The van der Waals surface area contributed by atoms with E-state index in [-0.39, 0.29) is 5.57 Å². The number of para-hydroxylation sites is 1. The number of benzene rings is 2. The first kappa shape index (κ1) is 17.4. The van der Waals surface area contributed by atoms with Crippen LogP contribution < -0.4 is 0 Å². The zero-order valence-corrected chi connectivity index (χ0v) is 16.0. The van der Waals surface area contributed by atoms with Crippen molar-refractivity contribution >= 4 is 54.2 Å². The van der Waals surface area contributed by atoms with Crippen LogP contribution in [0.2, 0.25) is 0 Å². The minimum Gasteiger partial charge on any atom is -0.229 e. The van der Waals surface area contributed by atoms with Gasteiger partial charge in [-0.1, -0.05) is 52.0 Å². The summed E-state index contributed by atoms with van der Waals surface area (Å²) in [5, 5.41) is 17.9. The van der Waals surface area contributed by atoms with Crippen LogP contribution in [0, 0.1) is 22.7 Å². The first-order valence-corrected chi connectivity index (χ1v) is 9.64. The third-order valence-electron chi connectivity index (χ3n) is 3.24. The normalized spacial score (nSPS) is 10.9. The fourth-order valence-electron chi connectivity index (χ4n) is 2.05. The highest BCUT2D eigenvalue weighted by Gasteiger charge is 2.09. The molecule has 3 aromatic rings.